The van der Waals surface area contributed by atoms with Gasteiger partial charge in [-0.2, -0.15) is 10.2 Å². The minimum absolute atomic E-state index is 0.0213. The van der Waals surface area contributed by atoms with E-state index in [1.165, 1.54) is 0 Å². The number of aromatic nitrogens is 5. The Bertz CT molecular complexity index is 656. The van der Waals surface area contributed by atoms with E-state index in [2.05, 4.69) is 20.5 Å². The molecule has 0 spiro atoms. The van der Waals surface area contributed by atoms with Crippen LogP contribution in [-0.2, 0) is 17.8 Å². The fourth-order valence-electron chi connectivity index (χ4n) is 3.75. The Balaban J connectivity index is 1.29. The van der Waals surface area contributed by atoms with Gasteiger partial charge >= 0.3 is 0 Å². The lowest BCUT2D eigenvalue weighted by Gasteiger charge is -2.31. The zero-order chi connectivity index (χ0) is 15.6. The number of carbonyl (C=O) groups excluding carboxylic acids is 1. The van der Waals surface area contributed by atoms with Gasteiger partial charge in [-0.05, 0) is 38.2 Å². The first kappa shape index (κ1) is 14.4. The highest BCUT2D eigenvalue weighted by atomic mass is 16.2. The Hall–Kier alpha value is -2.18. The van der Waals surface area contributed by atoms with Gasteiger partial charge in [-0.1, -0.05) is 0 Å². The average Bonchev–Trinajstić information content (AvgIpc) is 3.26. The van der Waals surface area contributed by atoms with E-state index in [-0.39, 0.29) is 11.8 Å². The van der Waals surface area contributed by atoms with Gasteiger partial charge in [-0.15, -0.1) is 0 Å². The third-order valence-electron chi connectivity index (χ3n) is 5.12. The Labute approximate surface area is 135 Å². The molecule has 1 unspecified atom stereocenters. The lowest BCUT2D eigenvalue weighted by Crippen LogP contribution is -2.43. The molecule has 2 aromatic heterocycles. The minimum atomic E-state index is 0.0213. The minimum Gasteiger partial charge on any atom is -0.353 e. The molecule has 0 aromatic carbocycles. The van der Waals surface area contributed by atoms with Crippen LogP contribution in [0.15, 0.2) is 24.8 Å². The van der Waals surface area contributed by atoms with Gasteiger partial charge in [-0.25, -0.2) is 9.67 Å². The van der Waals surface area contributed by atoms with Crippen LogP contribution in [0.1, 0.15) is 44.0 Å². The van der Waals surface area contributed by atoms with Crippen molar-refractivity contribution in [2.45, 2.75) is 57.2 Å². The van der Waals surface area contributed by atoms with Gasteiger partial charge in [0.05, 0.1) is 18.5 Å². The van der Waals surface area contributed by atoms with E-state index in [1.807, 2.05) is 27.8 Å². The maximum absolute atomic E-state index is 12.5. The first-order valence-electron chi connectivity index (χ1n) is 8.46. The van der Waals surface area contributed by atoms with Gasteiger partial charge in [0.25, 0.3) is 0 Å². The van der Waals surface area contributed by atoms with Crippen LogP contribution in [0.2, 0.25) is 0 Å². The van der Waals surface area contributed by atoms with Gasteiger partial charge in [0.1, 0.15) is 12.2 Å². The van der Waals surface area contributed by atoms with Crippen molar-refractivity contribution >= 4 is 5.91 Å². The van der Waals surface area contributed by atoms with E-state index in [0.717, 1.165) is 44.3 Å². The van der Waals surface area contributed by atoms with Crippen molar-refractivity contribution < 1.29 is 4.79 Å². The van der Waals surface area contributed by atoms with Crippen LogP contribution in [0, 0.1) is 5.92 Å². The fourth-order valence-corrected chi connectivity index (χ4v) is 3.75. The molecule has 3 heterocycles. The fraction of sp³-hybridized carbons (Fsp3) is 0.625. The van der Waals surface area contributed by atoms with Crippen LogP contribution in [0.4, 0.5) is 0 Å². The third-order valence-corrected chi connectivity index (χ3v) is 5.12. The van der Waals surface area contributed by atoms with E-state index in [9.17, 15) is 4.79 Å². The van der Waals surface area contributed by atoms with E-state index in [1.54, 1.807) is 6.33 Å². The number of nitrogens with one attached hydrogen (secondary N) is 1. The Kier molecular flexibility index (Phi) is 3.85. The first-order chi connectivity index (χ1) is 11.3. The largest absolute Gasteiger partial charge is 0.353 e. The van der Waals surface area contributed by atoms with Crippen molar-refractivity contribution in [3.63, 3.8) is 0 Å². The second-order valence-electron chi connectivity index (χ2n) is 6.59. The summed E-state index contributed by atoms with van der Waals surface area (Å²) in [6, 6.07) is 2.74. The number of hydrogen-bond donors (Lipinski definition) is 1. The first-order valence-corrected chi connectivity index (χ1v) is 8.46. The average molecular weight is 314 g/mol. The number of aryl methyl sites for hydroxylation is 1. The van der Waals surface area contributed by atoms with Gasteiger partial charge in [0.15, 0.2) is 0 Å². The molecular weight excluding hydrogens is 292 g/mol. The molecule has 1 amide bonds. The quantitative estimate of drug-likeness (QED) is 0.927. The number of rotatable bonds is 3. The number of nitrogens with zero attached hydrogens (tertiary/aromatic N) is 5. The molecule has 2 aliphatic rings. The highest BCUT2D eigenvalue weighted by Gasteiger charge is 2.29. The molecule has 23 heavy (non-hydrogen) atoms. The SMILES string of the molecule is O=C(NC1CCC(n2cccn2)CC1)C1CCc2ncnn2C1. The molecule has 1 saturated carbocycles. The third kappa shape index (κ3) is 3.00. The summed E-state index contributed by atoms with van der Waals surface area (Å²) in [6.45, 7) is 0.657. The second kappa shape index (κ2) is 6.14. The molecule has 4 rings (SSSR count). The monoisotopic (exact) mass is 314 g/mol. The van der Waals surface area contributed by atoms with Crippen molar-refractivity contribution in [3.8, 4) is 0 Å². The van der Waals surface area contributed by atoms with Crippen molar-refractivity contribution in [1.29, 1.82) is 0 Å². The van der Waals surface area contributed by atoms with Crippen LogP contribution in [0.25, 0.3) is 0 Å². The van der Waals surface area contributed by atoms with Gasteiger partial charge in [-0.3, -0.25) is 9.48 Å². The van der Waals surface area contributed by atoms with E-state index >= 15 is 0 Å². The molecule has 1 aliphatic heterocycles. The highest BCUT2D eigenvalue weighted by Crippen LogP contribution is 2.28. The molecule has 1 aliphatic carbocycles. The van der Waals surface area contributed by atoms with E-state index < -0.39 is 0 Å². The highest BCUT2D eigenvalue weighted by molar-refractivity contribution is 5.79. The maximum atomic E-state index is 12.5. The van der Waals surface area contributed by atoms with Crippen molar-refractivity contribution in [3.05, 3.63) is 30.6 Å². The predicted molar refractivity (Wildman–Crippen MR) is 83.5 cm³/mol. The summed E-state index contributed by atoms with van der Waals surface area (Å²) in [4.78, 5) is 16.7. The zero-order valence-electron chi connectivity index (χ0n) is 13.1. The summed E-state index contributed by atoms with van der Waals surface area (Å²) in [7, 11) is 0. The number of fused-ring (bicyclic) bond motifs is 1. The Morgan fingerprint density at radius 2 is 2.04 bits per heavy atom. The molecule has 0 radical (unpaired) electrons. The second-order valence-corrected chi connectivity index (χ2v) is 6.59. The summed E-state index contributed by atoms with van der Waals surface area (Å²) >= 11 is 0. The summed E-state index contributed by atoms with van der Waals surface area (Å²) in [6.07, 6.45) is 11.3. The van der Waals surface area contributed by atoms with Crippen LogP contribution in [0.5, 0.6) is 0 Å². The van der Waals surface area contributed by atoms with Gasteiger partial charge in [0, 0.05) is 24.9 Å². The Morgan fingerprint density at radius 1 is 1.17 bits per heavy atom. The normalized spacial score (nSPS) is 27.4. The van der Waals surface area contributed by atoms with Crippen molar-refractivity contribution in [1.82, 2.24) is 29.9 Å². The molecular formula is C16H22N6O. The van der Waals surface area contributed by atoms with E-state index in [4.69, 9.17) is 0 Å². The molecule has 0 saturated heterocycles. The van der Waals surface area contributed by atoms with E-state index in [0.29, 0.717) is 18.6 Å². The summed E-state index contributed by atoms with van der Waals surface area (Å²) < 4.78 is 3.91. The summed E-state index contributed by atoms with van der Waals surface area (Å²) in [5.41, 5.74) is 0. The molecule has 0 bridgehead atoms. The van der Waals surface area contributed by atoms with Gasteiger partial charge in [0.2, 0.25) is 5.91 Å². The van der Waals surface area contributed by atoms with Crippen LogP contribution >= 0.6 is 0 Å². The van der Waals surface area contributed by atoms with Crippen LogP contribution < -0.4 is 5.32 Å². The van der Waals surface area contributed by atoms with Gasteiger partial charge < -0.3 is 5.32 Å². The maximum Gasteiger partial charge on any atom is 0.225 e. The Morgan fingerprint density at radius 3 is 2.83 bits per heavy atom. The predicted octanol–water partition coefficient (Wildman–Crippen LogP) is 1.34. The van der Waals surface area contributed by atoms with Crippen molar-refractivity contribution in [2.75, 3.05) is 0 Å². The van der Waals surface area contributed by atoms with Crippen molar-refractivity contribution in [2.24, 2.45) is 5.92 Å². The van der Waals surface area contributed by atoms with Crippen LogP contribution in [-0.4, -0.2) is 36.5 Å². The van der Waals surface area contributed by atoms with Crippen LogP contribution in [0.3, 0.4) is 0 Å². The smallest absolute Gasteiger partial charge is 0.225 e. The molecule has 2 aromatic rings. The topological polar surface area (TPSA) is 77.6 Å². The lowest BCUT2D eigenvalue weighted by atomic mass is 9.90. The number of amides is 1. The summed E-state index contributed by atoms with van der Waals surface area (Å²) in [5.74, 6) is 1.19. The molecule has 1 N–H and O–H groups in total. The summed E-state index contributed by atoms with van der Waals surface area (Å²) in [5, 5.41) is 11.8. The molecule has 7 heteroatoms. The zero-order valence-corrected chi connectivity index (χ0v) is 13.1. The number of carbonyl (C=O) groups is 1. The molecule has 122 valence electrons. The molecule has 7 nitrogen and oxygen atoms in total. The lowest BCUT2D eigenvalue weighted by molar-refractivity contribution is -0.127. The number of hydrogen-bond acceptors (Lipinski definition) is 4. The molecule has 1 fully saturated rings. The standard InChI is InChI=1S/C16H22N6O/c23-16(12-2-7-15-17-11-19-22(15)10-12)20-13-3-5-14(6-4-13)21-9-1-8-18-21/h1,8-9,11-14H,2-7,10H2,(H,20,23). The molecule has 1 atom stereocenters.